The highest BCUT2D eigenvalue weighted by Crippen LogP contribution is 2.27. The van der Waals surface area contributed by atoms with Crippen LogP contribution < -0.4 is 5.43 Å². The van der Waals surface area contributed by atoms with Gasteiger partial charge in [-0.1, -0.05) is 12.2 Å². The molecular weight excluding hydrogens is 178 g/mol. The molecule has 0 aromatic rings. The number of hydrogen-bond donors (Lipinski definition) is 1. The van der Waals surface area contributed by atoms with Crippen LogP contribution in [0.3, 0.4) is 0 Å². The van der Waals surface area contributed by atoms with E-state index in [1.165, 1.54) is 0 Å². The molecule has 1 N–H and O–H groups in total. The van der Waals surface area contributed by atoms with Crippen molar-refractivity contribution in [3.8, 4) is 0 Å². The lowest BCUT2D eigenvalue weighted by atomic mass is 9.98. The molecule has 0 aromatic heterocycles. The molecule has 1 unspecified atom stereocenters. The van der Waals surface area contributed by atoms with Crippen LogP contribution in [0.4, 0.5) is 4.79 Å². The maximum Gasteiger partial charge on any atom is 0.338 e. The van der Waals surface area contributed by atoms with Gasteiger partial charge in [0.15, 0.2) is 0 Å². The first-order chi connectivity index (χ1) is 6.70. The molecule has 1 saturated heterocycles. The van der Waals surface area contributed by atoms with Crippen LogP contribution in [0.2, 0.25) is 0 Å². The van der Waals surface area contributed by atoms with Crippen molar-refractivity contribution in [2.45, 2.75) is 6.42 Å². The van der Waals surface area contributed by atoms with Crippen LogP contribution >= 0.6 is 0 Å². The molecule has 0 bridgehead atoms. The van der Waals surface area contributed by atoms with Gasteiger partial charge in [0.1, 0.15) is 0 Å². The fourth-order valence-electron chi connectivity index (χ4n) is 1.78. The third kappa shape index (κ3) is 1.42. The van der Waals surface area contributed by atoms with E-state index in [-0.39, 0.29) is 6.03 Å². The Morgan fingerprint density at radius 2 is 2.43 bits per heavy atom. The minimum atomic E-state index is -0.00551. The molecule has 1 aliphatic carbocycles. The summed E-state index contributed by atoms with van der Waals surface area (Å²) in [6.45, 7) is 0.857. The Bertz CT molecular complexity index is 306. The molecule has 1 atom stereocenters. The number of carbonyl (C=O) groups excluding carboxylic acids is 1. The van der Waals surface area contributed by atoms with Crippen LogP contribution in [-0.4, -0.2) is 36.6 Å². The molecule has 2 aliphatic rings. The van der Waals surface area contributed by atoms with Crippen LogP contribution in [0.25, 0.3) is 0 Å². The second-order valence-electron chi connectivity index (χ2n) is 3.83. The minimum absolute atomic E-state index is 0.00551. The van der Waals surface area contributed by atoms with Crippen molar-refractivity contribution < 1.29 is 4.79 Å². The molecule has 0 saturated carbocycles. The predicted molar refractivity (Wildman–Crippen MR) is 54.3 cm³/mol. The summed E-state index contributed by atoms with van der Waals surface area (Å²) in [7, 11) is 3.52. The number of amides is 2. The zero-order chi connectivity index (χ0) is 10.1. The van der Waals surface area contributed by atoms with E-state index < -0.39 is 0 Å². The SMILES string of the molecule is CN(C)C(=O)N1NCC2CC=CC=C21. The second kappa shape index (κ2) is 3.46. The summed E-state index contributed by atoms with van der Waals surface area (Å²) in [5, 5.41) is 1.65. The molecular formula is C10H15N3O. The standard InChI is InChI=1S/C10H15N3O/c1-12(2)10(14)13-9-6-4-3-5-8(9)7-11-13/h3-4,6,8,11H,5,7H2,1-2H3. The quantitative estimate of drug-likeness (QED) is 0.621. The number of hydrogen-bond acceptors (Lipinski definition) is 2. The Morgan fingerprint density at radius 3 is 3.14 bits per heavy atom. The molecule has 14 heavy (non-hydrogen) atoms. The van der Waals surface area contributed by atoms with Gasteiger partial charge in [0.2, 0.25) is 0 Å². The Labute approximate surface area is 83.8 Å². The smallest absolute Gasteiger partial charge is 0.329 e. The van der Waals surface area contributed by atoms with E-state index in [1.54, 1.807) is 24.0 Å². The van der Waals surface area contributed by atoms with E-state index in [4.69, 9.17) is 0 Å². The molecule has 0 aromatic carbocycles. The average Bonchev–Trinajstić information content (AvgIpc) is 2.60. The minimum Gasteiger partial charge on any atom is -0.329 e. The van der Waals surface area contributed by atoms with Crippen molar-refractivity contribution in [3.05, 3.63) is 23.9 Å². The van der Waals surface area contributed by atoms with Crippen LogP contribution in [0.1, 0.15) is 6.42 Å². The van der Waals surface area contributed by atoms with Gasteiger partial charge in [0.05, 0.1) is 0 Å². The molecule has 4 nitrogen and oxygen atoms in total. The van der Waals surface area contributed by atoms with E-state index in [2.05, 4.69) is 11.5 Å². The first-order valence-corrected chi connectivity index (χ1v) is 4.82. The van der Waals surface area contributed by atoms with Crippen LogP contribution in [-0.2, 0) is 0 Å². The van der Waals surface area contributed by atoms with Crippen LogP contribution in [0.15, 0.2) is 23.9 Å². The monoisotopic (exact) mass is 193 g/mol. The highest BCUT2D eigenvalue weighted by Gasteiger charge is 2.32. The fraction of sp³-hybridized carbons (Fsp3) is 0.500. The lowest BCUT2D eigenvalue weighted by Crippen LogP contribution is -2.42. The lowest BCUT2D eigenvalue weighted by Gasteiger charge is -2.23. The molecule has 1 heterocycles. The topological polar surface area (TPSA) is 35.6 Å². The van der Waals surface area contributed by atoms with Gasteiger partial charge in [-0.3, -0.25) is 0 Å². The molecule has 2 amide bonds. The van der Waals surface area contributed by atoms with Gasteiger partial charge in [-0.05, 0) is 12.5 Å². The zero-order valence-corrected chi connectivity index (χ0v) is 8.53. The summed E-state index contributed by atoms with van der Waals surface area (Å²) < 4.78 is 0. The Balaban J connectivity index is 2.18. The number of rotatable bonds is 0. The van der Waals surface area contributed by atoms with Gasteiger partial charge in [-0.25, -0.2) is 15.2 Å². The van der Waals surface area contributed by atoms with Crippen LogP contribution in [0, 0.1) is 5.92 Å². The van der Waals surface area contributed by atoms with Gasteiger partial charge >= 0.3 is 6.03 Å². The van der Waals surface area contributed by atoms with Gasteiger partial charge < -0.3 is 4.90 Å². The first kappa shape index (κ1) is 9.27. The molecule has 0 spiro atoms. The highest BCUT2D eigenvalue weighted by molar-refractivity contribution is 5.76. The van der Waals surface area contributed by atoms with Crippen molar-refractivity contribution in [2.75, 3.05) is 20.6 Å². The summed E-state index contributed by atoms with van der Waals surface area (Å²) in [5.74, 6) is 0.462. The number of allylic oxidation sites excluding steroid dienone is 3. The van der Waals surface area contributed by atoms with Gasteiger partial charge in [0, 0.05) is 32.3 Å². The van der Waals surface area contributed by atoms with E-state index in [9.17, 15) is 4.79 Å². The summed E-state index contributed by atoms with van der Waals surface area (Å²) in [6, 6.07) is -0.00551. The van der Waals surface area contributed by atoms with Gasteiger partial charge in [0.25, 0.3) is 0 Å². The first-order valence-electron chi connectivity index (χ1n) is 4.82. The number of nitrogens with one attached hydrogen (secondary N) is 1. The van der Waals surface area contributed by atoms with E-state index in [0.717, 1.165) is 18.7 Å². The van der Waals surface area contributed by atoms with E-state index in [0.29, 0.717) is 5.92 Å². The Kier molecular flexibility index (Phi) is 2.29. The third-order valence-electron chi connectivity index (χ3n) is 2.57. The van der Waals surface area contributed by atoms with E-state index >= 15 is 0 Å². The predicted octanol–water partition coefficient (Wildman–Crippen LogP) is 0.948. The number of urea groups is 1. The van der Waals surface area contributed by atoms with Crippen molar-refractivity contribution in [1.29, 1.82) is 0 Å². The van der Waals surface area contributed by atoms with Gasteiger partial charge in [-0.2, -0.15) is 0 Å². The number of carbonyl (C=O) groups is 1. The molecule has 0 radical (unpaired) electrons. The van der Waals surface area contributed by atoms with Crippen molar-refractivity contribution in [3.63, 3.8) is 0 Å². The van der Waals surface area contributed by atoms with Crippen molar-refractivity contribution in [2.24, 2.45) is 5.92 Å². The average molecular weight is 193 g/mol. The second-order valence-corrected chi connectivity index (χ2v) is 3.83. The van der Waals surface area contributed by atoms with Crippen LogP contribution in [0.5, 0.6) is 0 Å². The fourth-order valence-corrected chi connectivity index (χ4v) is 1.78. The highest BCUT2D eigenvalue weighted by atomic mass is 16.2. The summed E-state index contributed by atoms with van der Waals surface area (Å²) in [5.41, 5.74) is 4.20. The number of hydrazine groups is 1. The Morgan fingerprint density at radius 1 is 1.64 bits per heavy atom. The van der Waals surface area contributed by atoms with Crippen molar-refractivity contribution in [1.82, 2.24) is 15.3 Å². The normalized spacial score (nSPS) is 24.6. The summed E-state index contributed by atoms with van der Waals surface area (Å²) in [6.07, 6.45) is 7.18. The number of fused-ring (bicyclic) bond motifs is 1. The summed E-state index contributed by atoms with van der Waals surface area (Å²) >= 11 is 0. The molecule has 1 fully saturated rings. The lowest BCUT2D eigenvalue weighted by molar-refractivity contribution is 0.175. The third-order valence-corrected chi connectivity index (χ3v) is 2.57. The number of nitrogens with zero attached hydrogens (tertiary/aromatic N) is 2. The molecule has 2 rings (SSSR count). The van der Waals surface area contributed by atoms with E-state index in [1.807, 2.05) is 12.2 Å². The zero-order valence-electron chi connectivity index (χ0n) is 8.53. The van der Waals surface area contributed by atoms with Gasteiger partial charge in [-0.15, -0.1) is 0 Å². The maximum atomic E-state index is 11.7. The maximum absolute atomic E-state index is 11.7. The largest absolute Gasteiger partial charge is 0.338 e. The molecule has 4 heteroatoms. The van der Waals surface area contributed by atoms with Crippen molar-refractivity contribution >= 4 is 6.03 Å². The molecule has 1 aliphatic heterocycles. The molecule has 76 valence electrons. The summed E-state index contributed by atoms with van der Waals surface area (Å²) in [4.78, 5) is 13.3. The Hall–Kier alpha value is -1.29.